The molecule has 6 heteroatoms. The van der Waals surface area contributed by atoms with E-state index in [0.29, 0.717) is 5.56 Å². The number of carboxylic acid groups (broad SMARTS) is 1. The van der Waals surface area contributed by atoms with Crippen LogP contribution in [0.2, 0.25) is 0 Å². The summed E-state index contributed by atoms with van der Waals surface area (Å²) in [4.78, 5) is 21.9. The molecule has 0 heterocycles. The van der Waals surface area contributed by atoms with E-state index in [0.717, 1.165) is 3.57 Å². The number of nitrogens with one attached hydrogen (secondary N) is 1. The highest BCUT2D eigenvalue weighted by Gasteiger charge is 2.13. The van der Waals surface area contributed by atoms with E-state index in [-0.39, 0.29) is 18.9 Å². The van der Waals surface area contributed by atoms with Crippen LogP contribution in [0.15, 0.2) is 24.3 Å². The summed E-state index contributed by atoms with van der Waals surface area (Å²) in [6.07, 6.45) is -1.45. The third-order valence-electron chi connectivity index (χ3n) is 2.09. The molecule has 92 valence electrons. The SMILES string of the molecule is O=C(NCCC(O)C(=O)O)c1ccc(I)cc1. The van der Waals surface area contributed by atoms with Gasteiger partial charge in [-0.1, -0.05) is 0 Å². The van der Waals surface area contributed by atoms with E-state index < -0.39 is 12.1 Å². The van der Waals surface area contributed by atoms with Gasteiger partial charge in [0.05, 0.1) is 0 Å². The van der Waals surface area contributed by atoms with Crippen LogP contribution < -0.4 is 5.32 Å². The number of aliphatic hydroxyl groups excluding tert-OH is 1. The zero-order valence-electron chi connectivity index (χ0n) is 8.89. The van der Waals surface area contributed by atoms with Crippen molar-refractivity contribution in [1.82, 2.24) is 5.32 Å². The normalized spacial score (nSPS) is 11.9. The van der Waals surface area contributed by atoms with Crippen molar-refractivity contribution in [2.24, 2.45) is 0 Å². The van der Waals surface area contributed by atoms with Gasteiger partial charge in [-0.2, -0.15) is 0 Å². The van der Waals surface area contributed by atoms with Crippen molar-refractivity contribution in [3.05, 3.63) is 33.4 Å². The maximum Gasteiger partial charge on any atom is 0.332 e. The first kappa shape index (κ1) is 13.9. The Kier molecular flexibility index (Phi) is 5.36. The Morgan fingerprint density at radius 3 is 2.41 bits per heavy atom. The zero-order chi connectivity index (χ0) is 12.8. The summed E-state index contributed by atoms with van der Waals surface area (Å²) in [7, 11) is 0. The molecule has 0 saturated carbocycles. The standard InChI is InChI=1S/C11H12INO4/c12-8-3-1-7(2-4-8)10(15)13-6-5-9(14)11(16)17/h1-4,9,14H,5-6H2,(H,13,15)(H,16,17). The summed E-state index contributed by atoms with van der Waals surface area (Å²) in [6, 6.07) is 6.98. The number of benzene rings is 1. The molecule has 0 fully saturated rings. The molecule has 0 aliphatic heterocycles. The van der Waals surface area contributed by atoms with Gasteiger partial charge < -0.3 is 15.5 Å². The Hall–Kier alpha value is -1.15. The lowest BCUT2D eigenvalue weighted by Crippen LogP contribution is -2.30. The molecule has 1 unspecified atom stereocenters. The fourth-order valence-electron chi connectivity index (χ4n) is 1.15. The predicted octanol–water partition coefficient (Wildman–Crippen LogP) is 0.857. The summed E-state index contributed by atoms with van der Waals surface area (Å²) >= 11 is 2.13. The van der Waals surface area contributed by atoms with Crippen molar-refractivity contribution in [2.75, 3.05) is 6.54 Å². The van der Waals surface area contributed by atoms with Crippen molar-refractivity contribution in [3.63, 3.8) is 0 Å². The average molecular weight is 349 g/mol. The Labute approximate surface area is 112 Å². The first-order valence-corrected chi connectivity index (χ1v) is 6.03. The van der Waals surface area contributed by atoms with E-state index in [4.69, 9.17) is 10.2 Å². The molecule has 0 aliphatic rings. The van der Waals surface area contributed by atoms with Gasteiger partial charge in [-0.3, -0.25) is 4.79 Å². The molecule has 0 aliphatic carbocycles. The molecule has 0 saturated heterocycles. The van der Waals surface area contributed by atoms with Gasteiger partial charge in [0.25, 0.3) is 5.91 Å². The zero-order valence-corrected chi connectivity index (χ0v) is 11.0. The number of aliphatic hydroxyl groups is 1. The molecule has 1 rings (SSSR count). The fraction of sp³-hybridized carbons (Fsp3) is 0.273. The molecule has 0 spiro atoms. The van der Waals surface area contributed by atoms with Gasteiger partial charge in [0, 0.05) is 22.1 Å². The van der Waals surface area contributed by atoms with Crippen molar-refractivity contribution in [1.29, 1.82) is 0 Å². The Balaban J connectivity index is 2.40. The summed E-state index contributed by atoms with van der Waals surface area (Å²) < 4.78 is 1.03. The molecular weight excluding hydrogens is 337 g/mol. The number of carbonyl (C=O) groups excluding carboxylic acids is 1. The van der Waals surface area contributed by atoms with Crippen molar-refractivity contribution < 1.29 is 19.8 Å². The molecule has 0 radical (unpaired) electrons. The number of carboxylic acids is 1. The lowest BCUT2D eigenvalue weighted by Gasteiger charge is -2.07. The highest BCUT2D eigenvalue weighted by molar-refractivity contribution is 14.1. The van der Waals surface area contributed by atoms with E-state index in [1.165, 1.54) is 0 Å². The third-order valence-corrected chi connectivity index (χ3v) is 2.81. The van der Waals surface area contributed by atoms with Gasteiger partial charge >= 0.3 is 5.97 Å². The average Bonchev–Trinajstić information content (AvgIpc) is 2.29. The molecule has 0 aromatic heterocycles. The highest BCUT2D eigenvalue weighted by atomic mass is 127. The van der Waals surface area contributed by atoms with Crippen LogP contribution in [0.25, 0.3) is 0 Å². The quantitative estimate of drug-likeness (QED) is 0.688. The molecule has 1 aromatic rings. The third kappa shape index (κ3) is 4.70. The first-order chi connectivity index (χ1) is 8.00. The van der Waals surface area contributed by atoms with Crippen LogP contribution in [0, 0.1) is 3.57 Å². The van der Waals surface area contributed by atoms with E-state index in [1.807, 2.05) is 12.1 Å². The van der Waals surface area contributed by atoms with Crippen LogP contribution in [0.1, 0.15) is 16.8 Å². The number of carbonyl (C=O) groups is 2. The number of rotatable bonds is 5. The van der Waals surface area contributed by atoms with Crippen LogP contribution in [0.5, 0.6) is 0 Å². The molecule has 1 amide bonds. The van der Waals surface area contributed by atoms with Gasteiger partial charge in [-0.15, -0.1) is 0 Å². The highest BCUT2D eigenvalue weighted by Crippen LogP contribution is 2.06. The number of hydrogen-bond acceptors (Lipinski definition) is 3. The second-order valence-corrected chi connectivity index (χ2v) is 4.65. The summed E-state index contributed by atoms with van der Waals surface area (Å²) in [6.45, 7) is 0.123. The van der Waals surface area contributed by atoms with Gasteiger partial charge in [-0.05, 0) is 46.9 Å². The largest absolute Gasteiger partial charge is 0.479 e. The summed E-state index contributed by atoms with van der Waals surface area (Å²) in [5.41, 5.74) is 0.509. The number of amides is 1. The van der Waals surface area contributed by atoms with Gasteiger partial charge in [0.1, 0.15) is 0 Å². The Morgan fingerprint density at radius 2 is 1.88 bits per heavy atom. The van der Waals surface area contributed by atoms with Crippen molar-refractivity contribution in [3.8, 4) is 0 Å². The van der Waals surface area contributed by atoms with Gasteiger partial charge in [0.2, 0.25) is 0 Å². The Bertz CT molecular complexity index is 404. The molecule has 5 nitrogen and oxygen atoms in total. The minimum Gasteiger partial charge on any atom is -0.479 e. The number of halogens is 1. The van der Waals surface area contributed by atoms with E-state index >= 15 is 0 Å². The van der Waals surface area contributed by atoms with Crippen LogP contribution in [-0.4, -0.2) is 34.7 Å². The topological polar surface area (TPSA) is 86.6 Å². The predicted molar refractivity (Wildman–Crippen MR) is 69.8 cm³/mol. The summed E-state index contributed by atoms with van der Waals surface area (Å²) in [5, 5.41) is 20.0. The minimum atomic E-state index is -1.44. The number of hydrogen-bond donors (Lipinski definition) is 3. The monoisotopic (exact) mass is 349 g/mol. The second kappa shape index (κ2) is 6.55. The number of aliphatic carboxylic acids is 1. The lowest BCUT2D eigenvalue weighted by atomic mass is 10.2. The maximum atomic E-state index is 11.6. The smallest absolute Gasteiger partial charge is 0.332 e. The molecule has 1 aromatic carbocycles. The molecular formula is C11H12INO4. The minimum absolute atomic E-state index is 0.00849. The van der Waals surface area contributed by atoms with Gasteiger partial charge in [-0.25, -0.2) is 4.79 Å². The second-order valence-electron chi connectivity index (χ2n) is 3.41. The van der Waals surface area contributed by atoms with Crippen LogP contribution in [0.3, 0.4) is 0 Å². The fourth-order valence-corrected chi connectivity index (χ4v) is 1.51. The van der Waals surface area contributed by atoms with Crippen LogP contribution in [-0.2, 0) is 4.79 Å². The lowest BCUT2D eigenvalue weighted by molar-refractivity contribution is -0.146. The molecule has 1 atom stereocenters. The van der Waals surface area contributed by atoms with Crippen molar-refractivity contribution >= 4 is 34.5 Å². The van der Waals surface area contributed by atoms with E-state index in [1.54, 1.807) is 12.1 Å². The van der Waals surface area contributed by atoms with E-state index in [9.17, 15) is 9.59 Å². The molecule has 17 heavy (non-hydrogen) atoms. The molecule has 0 bridgehead atoms. The van der Waals surface area contributed by atoms with Crippen LogP contribution >= 0.6 is 22.6 Å². The van der Waals surface area contributed by atoms with E-state index in [2.05, 4.69) is 27.9 Å². The maximum absolute atomic E-state index is 11.6. The molecule has 3 N–H and O–H groups in total. The van der Waals surface area contributed by atoms with Gasteiger partial charge in [0.15, 0.2) is 6.10 Å². The summed E-state index contributed by atoms with van der Waals surface area (Å²) in [5.74, 6) is -1.56. The Morgan fingerprint density at radius 1 is 1.29 bits per heavy atom. The van der Waals surface area contributed by atoms with Crippen molar-refractivity contribution in [2.45, 2.75) is 12.5 Å². The first-order valence-electron chi connectivity index (χ1n) is 4.95. The van der Waals surface area contributed by atoms with Crippen LogP contribution in [0.4, 0.5) is 0 Å².